The number of alkyl halides is 4. The second-order valence-electron chi connectivity index (χ2n) is 5.48. The van der Waals surface area contributed by atoms with Crippen LogP contribution in [0.25, 0.3) is 16.9 Å². The highest BCUT2D eigenvalue weighted by Gasteiger charge is 2.38. The summed E-state index contributed by atoms with van der Waals surface area (Å²) in [6, 6.07) is 3.91. The predicted molar refractivity (Wildman–Crippen MR) is 79.6 cm³/mol. The van der Waals surface area contributed by atoms with Gasteiger partial charge in [0.05, 0.1) is 5.69 Å². The van der Waals surface area contributed by atoms with Gasteiger partial charge >= 0.3 is 6.18 Å². The van der Waals surface area contributed by atoms with E-state index in [4.69, 9.17) is 0 Å². The Labute approximate surface area is 143 Å². The first-order chi connectivity index (χ1) is 12.2. The Morgan fingerprint density at radius 1 is 1.15 bits per heavy atom. The molecule has 0 aromatic carbocycles. The fourth-order valence-corrected chi connectivity index (χ4v) is 2.09. The molecule has 138 valence electrons. The van der Waals surface area contributed by atoms with E-state index < -0.39 is 30.1 Å². The number of halogens is 5. The van der Waals surface area contributed by atoms with E-state index in [-0.39, 0.29) is 17.1 Å². The second-order valence-corrected chi connectivity index (χ2v) is 5.48. The molecule has 3 heterocycles. The lowest BCUT2D eigenvalue weighted by Gasteiger charge is -2.17. The van der Waals surface area contributed by atoms with Crippen LogP contribution in [0.1, 0.15) is 25.8 Å². The van der Waals surface area contributed by atoms with Crippen LogP contribution in [0.2, 0.25) is 0 Å². The summed E-state index contributed by atoms with van der Waals surface area (Å²) in [6.45, 7) is 2.01. The molecule has 0 aliphatic carbocycles. The summed E-state index contributed by atoms with van der Waals surface area (Å²) in [7, 11) is 0. The molecule has 0 spiro atoms. The second kappa shape index (κ2) is 6.46. The van der Waals surface area contributed by atoms with E-state index in [0.717, 1.165) is 23.7 Å². The van der Waals surface area contributed by atoms with Gasteiger partial charge in [-0.15, -0.1) is 10.2 Å². The highest BCUT2D eigenvalue weighted by molar-refractivity contribution is 5.59. The Hall–Kier alpha value is -2.85. The Kier molecular flexibility index (Phi) is 4.46. The first kappa shape index (κ1) is 18.0. The summed E-state index contributed by atoms with van der Waals surface area (Å²) in [5.74, 6) is -1.89. The average Bonchev–Trinajstić information content (AvgIpc) is 2.99. The van der Waals surface area contributed by atoms with Gasteiger partial charge in [0.2, 0.25) is 0 Å². The first-order valence-electron chi connectivity index (χ1n) is 7.42. The van der Waals surface area contributed by atoms with Crippen LogP contribution in [0.15, 0.2) is 24.4 Å². The molecule has 3 aromatic heterocycles. The molecule has 0 saturated carbocycles. The van der Waals surface area contributed by atoms with Crippen LogP contribution in [0.4, 0.5) is 22.0 Å². The van der Waals surface area contributed by atoms with Crippen molar-refractivity contribution in [2.45, 2.75) is 32.3 Å². The van der Waals surface area contributed by atoms with E-state index in [0.29, 0.717) is 5.65 Å². The number of rotatable bonds is 4. The molecule has 2 atom stereocenters. The number of nitrogens with zero attached hydrogens (tertiary/aromatic N) is 5. The third kappa shape index (κ3) is 3.41. The summed E-state index contributed by atoms with van der Waals surface area (Å²) in [6.07, 6.45) is -7.18. The molecule has 3 rings (SSSR count). The zero-order valence-electron chi connectivity index (χ0n) is 13.5. The van der Waals surface area contributed by atoms with Gasteiger partial charge in [0.15, 0.2) is 29.6 Å². The van der Waals surface area contributed by atoms with Crippen LogP contribution >= 0.6 is 0 Å². The summed E-state index contributed by atoms with van der Waals surface area (Å²) >= 11 is 0. The quantitative estimate of drug-likeness (QED) is 0.653. The zero-order valence-corrected chi connectivity index (χ0v) is 13.5. The number of hydrogen-bond donors (Lipinski definition) is 0. The molecule has 0 aliphatic heterocycles. The molecule has 0 N–H and O–H groups in total. The third-order valence-corrected chi connectivity index (χ3v) is 3.50. The molecule has 11 heteroatoms. The van der Waals surface area contributed by atoms with E-state index in [2.05, 4.69) is 25.0 Å². The van der Waals surface area contributed by atoms with Gasteiger partial charge < -0.3 is 4.74 Å². The number of fused-ring (bicyclic) bond motifs is 1. The van der Waals surface area contributed by atoms with Gasteiger partial charge in [-0.1, -0.05) is 0 Å². The Bertz CT molecular complexity index is 940. The van der Waals surface area contributed by atoms with Crippen molar-refractivity contribution >= 4 is 5.65 Å². The van der Waals surface area contributed by atoms with Crippen molar-refractivity contribution in [1.82, 2.24) is 24.8 Å². The molecular weight excluding hydrogens is 361 g/mol. The molecule has 0 aliphatic rings. The van der Waals surface area contributed by atoms with Gasteiger partial charge in [-0.3, -0.25) is 0 Å². The highest BCUT2D eigenvalue weighted by atomic mass is 19.4. The van der Waals surface area contributed by atoms with Crippen molar-refractivity contribution in [3.8, 4) is 17.1 Å². The highest BCUT2D eigenvalue weighted by Crippen LogP contribution is 2.27. The monoisotopic (exact) mass is 373 g/mol. The number of aromatic nitrogens is 5. The van der Waals surface area contributed by atoms with Crippen molar-refractivity contribution in [2.75, 3.05) is 0 Å². The number of pyridine rings is 1. The van der Waals surface area contributed by atoms with E-state index >= 15 is 0 Å². The fourth-order valence-electron chi connectivity index (χ4n) is 2.09. The number of ether oxygens (including phenoxy) is 1. The Balaban J connectivity index is 1.94. The predicted octanol–water partition coefficient (Wildman–Crippen LogP) is 3.69. The lowest BCUT2D eigenvalue weighted by molar-refractivity contribution is -0.190. The summed E-state index contributed by atoms with van der Waals surface area (Å²) in [4.78, 5) is 3.58. The molecule has 0 radical (unpaired) electrons. The molecule has 0 amide bonds. The SMILES string of the molecule is CC(F)c1nnc2ccc(-c3cnc(O[C@@H](C)C(F)(F)F)c(F)c3)nn12. The molecule has 0 bridgehead atoms. The van der Waals surface area contributed by atoms with Crippen molar-refractivity contribution in [1.29, 1.82) is 0 Å². The molecular formula is C15H12F5N5O. The summed E-state index contributed by atoms with van der Waals surface area (Å²) in [5.41, 5.74) is 0.671. The van der Waals surface area contributed by atoms with Crippen molar-refractivity contribution in [2.24, 2.45) is 0 Å². The smallest absolute Gasteiger partial charge is 0.425 e. The molecule has 3 aromatic rings. The van der Waals surface area contributed by atoms with Gasteiger partial charge in [-0.2, -0.15) is 22.8 Å². The maximum atomic E-state index is 14.1. The van der Waals surface area contributed by atoms with Gasteiger partial charge in [-0.05, 0) is 32.0 Å². The molecule has 1 unspecified atom stereocenters. The van der Waals surface area contributed by atoms with Crippen LogP contribution in [0.5, 0.6) is 5.88 Å². The van der Waals surface area contributed by atoms with Crippen molar-refractivity contribution in [3.63, 3.8) is 0 Å². The maximum absolute atomic E-state index is 14.1. The van der Waals surface area contributed by atoms with Gasteiger partial charge in [0, 0.05) is 11.8 Å². The summed E-state index contributed by atoms with van der Waals surface area (Å²) < 4.78 is 70.8. The number of hydrogen-bond acceptors (Lipinski definition) is 5. The molecule has 0 fully saturated rings. The van der Waals surface area contributed by atoms with Crippen molar-refractivity contribution in [3.05, 3.63) is 36.0 Å². The average molecular weight is 373 g/mol. The van der Waals surface area contributed by atoms with Crippen LogP contribution in [-0.2, 0) is 0 Å². The van der Waals surface area contributed by atoms with Gasteiger partial charge in [0.1, 0.15) is 0 Å². The minimum Gasteiger partial charge on any atom is -0.463 e. The van der Waals surface area contributed by atoms with Crippen LogP contribution in [0, 0.1) is 5.82 Å². The fraction of sp³-hybridized carbons (Fsp3) is 0.333. The van der Waals surface area contributed by atoms with Gasteiger partial charge in [-0.25, -0.2) is 13.8 Å². The van der Waals surface area contributed by atoms with E-state index in [9.17, 15) is 22.0 Å². The van der Waals surface area contributed by atoms with Crippen LogP contribution < -0.4 is 4.74 Å². The lowest BCUT2D eigenvalue weighted by atomic mass is 10.2. The van der Waals surface area contributed by atoms with E-state index in [1.54, 1.807) is 0 Å². The summed E-state index contributed by atoms with van der Waals surface area (Å²) in [5, 5.41) is 11.6. The lowest BCUT2D eigenvalue weighted by Crippen LogP contribution is -2.31. The van der Waals surface area contributed by atoms with Gasteiger partial charge in [0.25, 0.3) is 5.88 Å². The normalized spacial score (nSPS) is 14.4. The first-order valence-corrected chi connectivity index (χ1v) is 7.42. The minimum atomic E-state index is -4.65. The van der Waals surface area contributed by atoms with E-state index in [1.807, 2.05) is 0 Å². The van der Waals surface area contributed by atoms with Crippen LogP contribution in [0.3, 0.4) is 0 Å². The minimum absolute atomic E-state index is 0.0331. The van der Waals surface area contributed by atoms with E-state index in [1.165, 1.54) is 19.1 Å². The van der Waals surface area contributed by atoms with Crippen molar-refractivity contribution < 1.29 is 26.7 Å². The topological polar surface area (TPSA) is 65.2 Å². The Morgan fingerprint density at radius 3 is 2.50 bits per heavy atom. The standard InChI is InChI=1S/C15H12F5N5O/c1-7(16)13-23-22-12-4-3-11(24-25(12)13)9-5-10(17)14(21-6-9)26-8(2)15(18,19)20/h3-8H,1-2H3/t7?,8-/m0/s1. The third-order valence-electron chi connectivity index (χ3n) is 3.50. The Morgan fingerprint density at radius 2 is 1.88 bits per heavy atom. The molecule has 6 nitrogen and oxygen atoms in total. The largest absolute Gasteiger partial charge is 0.463 e. The molecule has 0 saturated heterocycles. The van der Waals surface area contributed by atoms with Crippen LogP contribution in [-0.4, -0.2) is 37.1 Å². The molecule has 26 heavy (non-hydrogen) atoms. The zero-order chi connectivity index (χ0) is 19.1. The maximum Gasteiger partial charge on any atom is 0.425 e.